The second kappa shape index (κ2) is 7.49. The smallest absolute Gasteiger partial charge is 0.407 e. The number of rotatable bonds is 6. The summed E-state index contributed by atoms with van der Waals surface area (Å²) in [5.74, 6) is 0.371. The van der Waals surface area contributed by atoms with Crippen LogP contribution in [0.5, 0.6) is 0 Å². The van der Waals surface area contributed by atoms with Crippen LogP contribution in [-0.2, 0) is 9.47 Å². The maximum absolute atomic E-state index is 11.5. The Balaban J connectivity index is 1.54. The third-order valence-corrected chi connectivity index (χ3v) is 3.35. The van der Waals surface area contributed by atoms with Gasteiger partial charge in [0.1, 0.15) is 11.7 Å². The van der Waals surface area contributed by atoms with Gasteiger partial charge in [0.2, 0.25) is 0 Å². The van der Waals surface area contributed by atoms with Crippen molar-refractivity contribution in [1.82, 2.24) is 10.6 Å². The van der Waals surface area contributed by atoms with E-state index in [1.807, 2.05) is 20.8 Å². The molecule has 0 saturated carbocycles. The van der Waals surface area contributed by atoms with Gasteiger partial charge in [-0.15, -0.1) is 0 Å². The van der Waals surface area contributed by atoms with Crippen LogP contribution in [0.25, 0.3) is 0 Å². The molecule has 2 N–H and O–H groups in total. The van der Waals surface area contributed by atoms with E-state index in [2.05, 4.69) is 34.9 Å². The Bertz CT molecular complexity index is 475. The highest BCUT2D eigenvalue weighted by Gasteiger charge is 2.22. The topological polar surface area (TPSA) is 59.6 Å². The Morgan fingerprint density at radius 3 is 2.91 bits per heavy atom. The van der Waals surface area contributed by atoms with Gasteiger partial charge < -0.3 is 20.1 Å². The van der Waals surface area contributed by atoms with E-state index in [0.717, 1.165) is 19.5 Å². The first-order valence-electron chi connectivity index (χ1n) is 7.83. The molecule has 0 saturated heterocycles. The maximum atomic E-state index is 11.5. The molecule has 2 unspecified atom stereocenters. The summed E-state index contributed by atoms with van der Waals surface area (Å²) in [6, 6.07) is 0. The van der Waals surface area contributed by atoms with E-state index in [0.29, 0.717) is 12.5 Å². The highest BCUT2D eigenvalue weighted by Crippen LogP contribution is 2.25. The summed E-state index contributed by atoms with van der Waals surface area (Å²) in [7, 11) is 0. The molecule has 122 valence electrons. The van der Waals surface area contributed by atoms with Gasteiger partial charge in [-0.25, -0.2) is 4.79 Å². The van der Waals surface area contributed by atoms with Gasteiger partial charge in [0.05, 0.1) is 6.26 Å². The second-order valence-electron chi connectivity index (χ2n) is 6.57. The first-order chi connectivity index (χ1) is 10.4. The van der Waals surface area contributed by atoms with Gasteiger partial charge in [-0.2, -0.15) is 0 Å². The van der Waals surface area contributed by atoms with Gasteiger partial charge in [0, 0.05) is 19.0 Å². The molecule has 2 atom stereocenters. The zero-order valence-electron chi connectivity index (χ0n) is 13.6. The molecule has 2 rings (SSSR count). The Hall–Kier alpha value is -1.75. The Labute approximate surface area is 132 Å². The van der Waals surface area contributed by atoms with Crippen molar-refractivity contribution in [2.24, 2.45) is 5.92 Å². The first kappa shape index (κ1) is 16.6. The average molecular weight is 306 g/mol. The summed E-state index contributed by atoms with van der Waals surface area (Å²) in [4.78, 5) is 11.5. The fraction of sp³-hybridized carbons (Fsp3) is 0.588. The molecule has 1 heterocycles. The zero-order valence-corrected chi connectivity index (χ0v) is 13.6. The van der Waals surface area contributed by atoms with Crippen LogP contribution in [0, 0.1) is 5.92 Å². The molecule has 0 radical (unpaired) electrons. The fourth-order valence-corrected chi connectivity index (χ4v) is 2.34. The molecule has 5 heteroatoms. The second-order valence-corrected chi connectivity index (χ2v) is 6.57. The van der Waals surface area contributed by atoms with Crippen molar-refractivity contribution in [3.63, 3.8) is 0 Å². The van der Waals surface area contributed by atoms with Crippen molar-refractivity contribution in [3.8, 4) is 0 Å². The third kappa shape index (κ3) is 5.56. The standard InChI is InChI=1S/C17H26N2O3/c1-17(2,3)22-16(20)19-9-4-8-18-12-13-5-6-15-14(11-13)7-10-21-15/h5-7,10-11,14-15,18H,4,8-9,12H2,1-3H3,(H,19,20). The van der Waals surface area contributed by atoms with Crippen molar-refractivity contribution in [1.29, 1.82) is 0 Å². The molecule has 2 aliphatic rings. The first-order valence-corrected chi connectivity index (χ1v) is 7.83. The summed E-state index contributed by atoms with van der Waals surface area (Å²) in [5, 5.41) is 6.13. The van der Waals surface area contributed by atoms with Crippen LogP contribution in [0.4, 0.5) is 4.79 Å². The number of nitrogens with one attached hydrogen (secondary N) is 2. The molecule has 0 spiro atoms. The van der Waals surface area contributed by atoms with Crippen LogP contribution in [0.2, 0.25) is 0 Å². The predicted octanol–water partition coefficient (Wildman–Crippen LogP) is 2.52. The SMILES string of the molecule is CC(C)(C)OC(=O)NCCCNCC1=CC2C=COC2C=C1. The lowest BCUT2D eigenvalue weighted by Crippen LogP contribution is -2.34. The van der Waals surface area contributed by atoms with E-state index in [1.165, 1.54) is 5.57 Å². The number of alkyl carbamates (subject to hydrolysis) is 1. The van der Waals surface area contributed by atoms with Crippen molar-refractivity contribution < 1.29 is 14.3 Å². The number of hydrogen-bond acceptors (Lipinski definition) is 4. The fourth-order valence-electron chi connectivity index (χ4n) is 2.34. The maximum Gasteiger partial charge on any atom is 0.407 e. The zero-order chi connectivity index (χ0) is 16.0. The number of ether oxygens (including phenoxy) is 2. The summed E-state index contributed by atoms with van der Waals surface area (Å²) in [6.07, 6.45) is 11.0. The molecular formula is C17H26N2O3. The van der Waals surface area contributed by atoms with Crippen molar-refractivity contribution in [2.75, 3.05) is 19.6 Å². The molecule has 1 aliphatic carbocycles. The number of fused-ring (bicyclic) bond motifs is 1. The molecule has 1 aliphatic heterocycles. The molecule has 1 amide bonds. The van der Waals surface area contributed by atoms with E-state index >= 15 is 0 Å². The molecule has 5 nitrogen and oxygen atoms in total. The molecule has 0 aromatic heterocycles. The molecule has 0 aromatic carbocycles. The Morgan fingerprint density at radius 1 is 1.32 bits per heavy atom. The van der Waals surface area contributed by atoms with Gasteiger partial charge in [-0.3, -0.25) is 0 Å². The predicted molar refractivity (Wildman–Crippen MR) is 86.4 cm³/mol. The average Bonchev–Trinajstić information content (AvgIpc) is 2.88. The van der Waals surface area contributed by atoms with E-state index in [-0.39, 0.29) is 12.2 Å². The number of amides is 1. The van der Waals surface area contributed by atoms with E-state index in [9.17, 15) is 4.79 Å². The van der Waals surface area contributed by atoms with E-state index < -0.39 is 5.60 Å². The van der Waals surface area contributed by atoms with Crippen LogP contribution < -0.4 is 10.6 Å². The van der Waals surface area contributed by atoms with Crippen LogP contribution in [-0.4, -0.2) is 37.4 Å². The summed E-state index contributed by atoms with van der Waals surface area (Å²) >= 11 is 0. The van der Waals surface area contributed by atoms with Crippen molar-refractivity contribution in [2.45, 2.75) is 38.9 Å². The lowest BCUT2D eigenvalue weighted by Gasteiger charge is -2.19. The van der Waals surface area contributed by atoms with Gasteiger partial charge >= 0.3 is 6.09 Å². The van der Waals surface area contributed by atoms with Gasteiger partial charge in [0.15, 0.2) is 0 Å². The molecule has 0 bridgehead atoms. The highest BCUT2D eigenvalue weighted by atomic mass is 16.6. The lowest BCUT2D eigenvalue weighted by molar-refractivity contribution is 0.0527. The van der Waals surface area contributed by atoms with E-state index in [1.54, 1.807) is 6.26 Å². The number of carbonyl (C=O) groups excluding carboxylic acids is 1. The largest absolute Gasteiger partial charge is 0.493 e. The van der Waals surface area contributed by atoms with Gasteiger partial charge in [0.25, 0.3) is 0 Å². The normalized spacial score (nSPS) is 22.8. The highest BCUT2D eigenvalue weighted by molar-refractivity contribution is 5.67. The van der Waals surface area contributed by atoms with E-state index in [4.69, 9.17) is 9.47 Å². The van der Waals surface area contributed by atoms with Crippen LogP contribution in [0.3, 0.4) is 0 Å². The minimum Gasteiger partial charge on any atom is -0.493 e. The Morgan fingerprint density at radius 2 is 2.14 bits per heavy atom. The molecular weight excluding hydrogens is 280 g/mol. The summed E-state index contributed by atoms with van der Waals surface area (Å²) in [6.45, 7) is 7.86. The van der Waals surface area contributed by atoms with Gasteiger partial charge in [-0.1, -0.05) is 12.2 Å². The molecule has 0 fully saturated rings. The van der Waals surface area contributed by atoms with Crippen molar-refractivity contribution in [3.05, 3.63) is 36.1 Å². The number of carbonyl (C=O) groups is 1. The third-order valence-electron chi connectivity index (χ3n) is 3.35. The Kier molecular flexibility index (Phi) is 5.66. The minimum absolute atomic E-state index is 0.182. The quantitative estimate of drug-likeness (QED) is 0.740. The monoisotopic (exact) mass is 306 g/mol. The van der Waals surface area contributed by atoms with Gasteiger partial charge in [-0.05, 0) is 51.5 Å². The molecule has 0 aromatic rings. The van der Waals surface area contributed by atoms with Crippen LogP contribution in [0.15, 0.2) is 36.1 Å². The number of hydrogen-bond donors (Lipinski definition) is 2. The molecule has 22 heavy (non-hydrogen) atoms. The summed E-state index contributed by atoms with van der Waals surface area (Å²) < 4.78 is 10.6. The van der Waals surface area contributed by atoms with Crippen LogP contribution in [0.1, 0.15) is 27.2 Å². The van der Waals surface area contributed by atoms with Crippen molar-refractivity contribution >= 4 is 6.09 Å². The van der Waals surface area contributed by atoms with Crippen LogP contribution >= 0.6 is 0 Å². The minimum atomic E-state index is -0.446. The lowest BCUT2D eigenvalue weighted by atomic mass is 9.94. The summed E-state index contributed by atoms with van der Waals surface area (Å²) in [5.41, 5.74) is 0.828.